The number of unbranched alkanes of at least 4 members (excludes halogenated alkanes) is 28. The second kappa shape index (κ2) is 49.0. The summed E-state index contributed by atoms with van der Waals surface area (Å²) >= 11 is 0. The van der Waals surface area contributed by atoms with Gasteiger partial charge in [0.2, 0.25) is 11.8 Å². The van der Waals surface area contributed by atoms with Gasteiger partial charge in [0.1, 0.15) is 25.3 Å². The molecule has 1 aliphatic heterocycles. The highest BCUT2D eigenvalue weighted by Crippen LogP contribution is 2.17. The minimum Gasteiger partial charge on any atom is -0.463 e. The largest absolute Gasteiger partial charge is 0.463 e. The van der Waals surface area contributed by atoms with Crippen LogP contribution in [0.5, 0.6) is 0 Å². The molecule has 6 atom stereocenters. The van der Waals surface area contributed by atoms with Crippen molar-refractivity contribution in [3.63, 3.8) is 0 Å². The Hall–Kier alpha value is -2.36. The van der Waals surface area contributed by atoms with Gasteiger partial charge in [0, 0.05) is 39.3 Å². The van der Waals surface area contributed by atoms with Crippen molar-refractivity contribution in [3.8, 4) is 0 Å². The van der Waals surface area contributed by atoms with Crippen LogP contribution in [0.4, 0.5) is 0 Å². The van der Waals surface area contributed by atoms with Crippen LogP contribution < -0.4 is 10.6 Å². The molecule has 6 unspecified atom stereocenters. The highest BCUT2D eigenvalue weighted by molar-refractivity contribution is 5.97. The van der Waals surface area contributed by atoms with Gasteiger partial charge in [-0.05, 0) is 25.7 Å². The smallest absolute Gasteiger partial charge is 0.307 e. The average molecular weight is 1050 g/mol. The predicted octanol–water partition coefficient (Wildman–Crippen LogP) is 11.0. The lowest BCUT2D eigenvalue weighted by molar-refractivity contribution is -0.152. The van der Waals surface area contributed by atoms with E-state index in [1.54, 1.807) is 0 Å². The lowest BCUT2D eigenvalue weighted by Gasteiger charge is -2.29. The molecule has 14 heteroatoms. The molecule has 2 amide bonds. The van der Waals surface area contributed by atoms with Crippen molar-refractivity contribution in [3.05, 3.63) is 0 Å². The molecule has 1 fully saturated rings. The molecule has 0 aromatic rings. The van der Waals surface area contributed by atoms with E-state index in [0.29, 0.717) is 51.9 Å². The Bertz CT molecular complexity index is 1190. The van der Waals surface area contributed by atoms with Crippen LogP contribution in [0.1, 0.15) is 272 Å². The number of carbonyl (C=O) groups excluding carboxylic acids is 4. The van der Waals surface area contributed by atoms with Crippen molar-refractivity contribution in [2.45, 2.75) is 308 Å². The van der Waals surface area contributed by atoms with Gasteiger partial charge in [-0.3, -0.25) is 29.0 Å². The summed E-state index contributed by atoms with van der Waals surface area (Å²) in [7, 11) is 0. The van der Waals surface area contributed by atoms with Gasteiger partial charge in [-0.25, -0.2) is 0 Å². The summed E-state index contributed by atoms with van der Waals surface area (Å²) < 4.78 is 10.9. The van der Waals surface area contributed by atoms with E-state index in [4.69, 9.17) is 9.47 Å². The second-order valence-electron chi connectivity index (χ2n) is 22.2. The maximum absolute atomic E-state index is 13.1. The number of piperazine rings is 1. The standard InChI is InChI=1S/C60H116N4O10/c1-5-9-13-17-21-25-29-33-37-51(65)45-63(46-52(66)38-34-30-26-22-18-14-10-6-2)43-41-57(69)73-49-55-59(71)62-56(60(72)61-55)50-74-58(70)42-44-64(47-53(67)39-35-31-27-23-19-15-11-7-3)48-54(68)40-36-32-28-24-20-16-12-8-4/h51-56,65-68H,5-50H2,1-4H3,(H,61,72)(H,62,71). The first-order valence-corrected chi connectivity index (χ1v) is 31.0. The lowest BCUT2D eigenvalue weighted by atomic mass is 10.0. The molecule has 1 aliphatic rings. The third kappa shape index (κ3) is 40.8. The molecule has 14 nitrogen and oxygen atoms in total. The zero-order valence-corrected chi connectivity index (χ0v) is 48.1. The Balaban J connectivity index is 2.64. The molecule has 0 aliphatic carbocycles. The van der Waals surface area contributed by atoms with Gasteiger partial charge < -0.3 is 40.5 Å². The summed E-state index contributed by atoms with van der Waals surface area (Å²) in [6.45, 7) is 10.1. The van der Waals surface area contributed by atoms with Gasteiger partial charge in [0.15, 0.2) is 0 Å². The zero-order valence-electron chi connectivity index (χ0n) is 48.1. The Kier molecular flexibility index (Phi) is 46.1. The molecule has 1 rings (SSSR count). The number of amides is 2. The summed E-state index contributed by atoms with van der Waals surface area (Å²) in [6, 6.07) is -2.22. The van der Waals surface area contributed by atoms with Gasteiger partial charge in [-0.2, -0.15) is 0 Å². The number of hydrogen-bond donors (Lipinski definition) is 6. The van der Waals surface area contributed by atoms with Crippen LogP contribution in [0.25, 0.3) is 0 Å². The fourth-order valence-electron chi connectivity index (χ4n) is 10.0. The van der Waals surface area contributed by atoms with Crippen LogP contribution in [-0.2, 0) is 28.7 Å². The minimum atomic E-state index is -1.11. The van der Waals surface area contributed by atoms with Gasteiger partial charge in [0.25, 0.3) is 0 Å². The molecule has 1 saturated heterocycles. The molecule has 436 valence electrons. The maximum Gasteiger partial charge on any atom is 0.307 e. The molecule has 0 spiro atoms. The molecule has 1 heterocycles. The van der Waals surface area contributed by atoms with Crippen LogP contribution in [0.15, 0.2) is 0 Å². The van der Waals surface area contributed by atoms with E-state index < -0.39 is 60.3 Å². The zero-order chi connectivity index (χ0) is 54.3. The number of aliphatic hydroxyl groups excluding tert-OH is 4. The molecule has 0 saturated carbocycles. The number of nitrogens with one attached hydrogen (secondary N) is 2. The molecule has 6 N–H and O–H groups in total. The number of carbonyl (C=O) groups is 4. The van der Waals surface area contributed by atoms with Crippen LogP contribution in [0, 0.1) is 0 Å². The minimum absolute atomic E-state index is 0.0102. The van der Waals surface area contributed by atoms with Crippen molar-refractivity contribution >= 4 is 23.8 Å². The van der Waals surface area contributed by atoms with Gasteiger partial charge in [-0.15, -0.1) is 0 Å². The predicted molar refractivity (Wildman–Crippen MR) is 301 cm³/mol. The molecule has 74 heavy (non-hydrogen) atoms. The summed E-state index contributed by atoms with van der Waals surface area (Å²) in [4.78, 5) is 56.0. The van der Waals surface area contributed by atoms with Crippen molar-refractivity contribution in [2.24, 2.45) is 0 Å². The van der Waals surface area contributed by atoms with E-state index >= 15 is 0 Å². The molecular formula is C60H116N4O10. The number of ether oxygens (including phenoxy) is 2. The van der Waals surface area contributed by atoms with E-state index in [0.717, 1.165) is 77.0 Å². The third-order valence-corrected chi connectivity index (χ3v) is 14.8. The number of hydrogen-bond acceptors (Lipinski definition) is 12. The normalized spacial score (nSPS) is 16.6. The van der Waals surface area contributed by atoms with E-state index in [2.05, 4.69) is 38.3 Å². The highest BCUT2D eigenvalue weighted by Gasteiger charge is 2.35. The number of aliphatic hydroxyl groups is 4. The number of rotatable bonds is 54. The molecule has 0 bridgehead atoms. The van der Waals surface area contributed by atoms with Crippen molar-refractivity contribution < 1.29 is 49.1 Å². The summed E-state index contributed by atoms with van der Waals surface area (Å²) in [5.41, 5.74) is 0. The Morgan fingerprint density at radius 2 is 0.608 bits per heavy atom. The fourth-order valence-corrected chi connectivity index (χ4v) is 10.0. The molecule has 0 radical (unpaired) electrons. The summed E-state index contributed by atoms with van der Waals surface area (Å²) in [6.07, 6.45) is 38.0. The van der Waals surface area contributed by atoms with Crippen LogP contribution in [0.3, 0.4) is 0 Å². The Morgan fingerprint density at radius 3 is 0.838 bits per heavy atom. The Labute approximate surface area is 452 Å². The molecular weight excluding hydrogens is 937 g/mol. The van der Waals surface area contributed by atoms with Gasteiger partial charge in [-0.1, -0.05) is 233 Å². The monoisotopic (exact) mass is 1050 g/mol. The highest BCUT2D eigenvalue weighted by atomic mass is 16.5. The SMILES string of the molecule is CCCCCCCCCCC(O)CN(CCC(=O)OCC1NC(=O)C(COC(=O)CCN(CC(O)CCCCCCCCCC)CC(O)CCCCCCCCCC)NC1=O)CC(O)CCCCCCCCCC. The third-order valence-electron chi connectivity index (χ3n) is 14.8. The quantitative estimate of drug-likeness (QED) is 0.0249. The first-order valence-electron chi connectivity index (χ1n) is 31.0. The molecule has 0 aromatic heterocycles. The van der Waals surface area contributed by atoms with Crippen LogP contribution in [0.2, 0.25) is 0 Å². The lowest BCUT2D eigenvalue weighted by Crippen LogP contribution is -2.64. The van der Waals surface area contributed by atoms with Gasteiger partial charge >= 0.3 is 11.9 Å². The Morgan fingerprint density at radius 1 is 0.392 bits per heavy atom. The summed E-state index contributed by atoms with van der Waals surface area (Å²) in [5.74, 6) is -2.23. The van der Waals surface area contributed by atoms with Crippen molar-refractivity contribution in [2.75, 3.05) is 52.5 Å². The van der Waals surface area contributed by atoms with E-state index in [-0.39, 0.29) is 39.1 Å². The maximum atomic E-state index is 13.1. The molecule has 0 aromatic carbocycles. The van der Waals surface area contributed by atoms with E-state index in [9.17, 15) is 39.6 Å². The van der Waals surface area contributed by atoms with Crippen LogP contribution >= 0.6 is 0 Å². The van der Waals surface area contributed by atoms with E-state index in [1.165, 1.54) is 128 Å². The van der Waals surface area contributed by atoms with Crippen LogP contribution in [-0.4, -0.2) is 143 Å². The van der Waals surface area contributed by atoms with Gasteiger partial charge in [0.05, 0.1) is 37.3 Å². The fraction of sp³-hybridized carbons (Fsp3) is 0.933. The topological polar surface area (TPSA) is 198 Å². The first-order chi connectivity index (χ1) is 35.9. The van der Waals surface area contributed by atoms with E-state index in [1.807, 2.05) is 9.80 Å². The average Bonchev–Trinajstić information content (AvgIpc) is 3.37. The second-order valence-corrected chi connectivity index (χ2v) is 22.2. The first kappa shape index (κ1) is 69.7. The number of nitrogens with zero attached hydrogens (tertiary/aromatic N) is 2. The van der Waals surface area contributed by atoms with Crippen molar-refractivity contribution in [1.29, 1.82) is 0 Å². The number of esters is 2. The summed E-state index contributed by atoms with van der Waals surface area (Å²) in [5, 5.41) is 49.1. The van der Waals surface area contributed by atoms with Crippen molar-refractivity contribution in [1.82, 2.24) is 20.4 Å².